The molecule has 0 saturated heterocycles. The quantitative estimate of drug-likeness (QED) is 0.821. The summed E-state index contributed by atoms with van der Waals surface area (Å²) < 4.78 is 18.8. The van der Waals surface area contributed by atoms with Gasteiger partial charge >= 0.3 is 0 Å². The van der Waals surface area contributed by atoms with E-state index < -0.39 is 11.9 Å². The molecule has 0 fully saturated rings. The predicted octanol–water partition coefficient (Wildman–Crippen LogP) is 2.49. The van der Waals surface area contributed by atoms with Gasteiger partial charge in [0.05, 0.1) is 13.2 Å². The normalized spacial score (nSPS) is 14.6. The molecule has 0 heterocycles. The van der Waals surface area contributed by atoms with Crippen LogP contribution in [0, 0.1) is 17.7 Å². The Labute approximate surface area is 108 Å². The van der Waals surface area contributed by atoms with Crippen molar-refractivity contribution < 1.29 is 14.2 Å². The maximum atomic E-state index is 13.8. The molecule has 0 saturated carbocycles. The Morgan fingerprint density at radius 2 is 2.06 bits per heavy atom. The highest BCUT2D eigenvalue weighted by molar-refractivity contribution is 5.30. The van der Waals surface area contributed by atoms with Crippen molar-refractivity contribution in [3.63, 3.8) is 0 Å². The van der Waals surface area contributed by atoms with Gasteiger partial charge in [-0.2, -0.15) is 0 Å². The molecule has 1 aromatic rings. The monoisotopic (exact) mass is 255 g/mol. The van der Waals surface area contributed by atoms with E-state index in [9.17, 15) is 9.50 Å². The van der Waals surface area contributed by atoms with Crippen LogP contribution in [-0.4, -0.2) is 18.8 Å². The average Bonchev–Trinajstić information content (AvgIpc) is 2.34. The fourth-order valence-corrected chi connectivity index (χ4v) is 2.09. The van der Waals surface area contributed by atoms with Gasteiger partial charge in [-0.3, -0.25) is 0 Å². The van der Waals surface area contributed by atoms with Gasteiger partial charge in [-0.1, -0.05) is 13.8 Å². The SMILES string of the molecule is COc1ccc(C(O)C(CN)CC(C)C)c(F)c1. The van der Waals surface area contributed by atoms with E-state index in [4.69, 9.17) is 10.5 Å². The maximum absolute atomic E-state index is 13.8. The molecule has 102 valence electrons. The molecule has 3 N–H and O–H groups in total. The molecule has 3 nitrogen and oxygen atoms in total. The Morgan fingerprint density at radius 1 is 1.39 bits per heavy atom. The molecule has 0 aliphatic rings. The number of aliphatic hydroxyl groups is 1. The topological polar surface area (TPSA) is 55.5 Å². The Bertz CT molecular complexity index is 382. The summed E-state index contributed by atoms with van der Waals surface area (Å²) in [5, 5.41) is 10.2. The first kappa shape index (κ1) is 14.9. The Morgan fingerprint density at radius 3 is 2.50 bits per heavy atom. The van der Waals surface area contributed by atoms with Gasteiger partial charge < -0.3 is 15.6 Å². The summed E-state index contributed by atoms with van der Waals surface area (Å²) in [6.07, 6.45) is -0.105. The van der Waals surface area contributed by atoms with E-state index in [-0.39, 0.29) is 11.5 Å². The lowest BCUT2D eigenvalue weighted by Gasteiger charge is -2.24. The van der Waals surface area contributed by atoms with Crippen molar-refractivity contribution in [2.75, 3.05) is 13.7 Å². The molecular weight excluding hydrogens is 233 g/mol. The first-order valence-electron chi connectivity index (χ1n) is 6.21. The zero-order chi connectivity index (χ0) is 13.7. The molecule has 0 aromatic heterocycles. The van der Waals surface area contributed by atoms with Gasteiger partial charge in [0.15, 0.2) is 0 Å². The van der Waals surface area contributed by atoms with Crippen LogP contribution in [0.25, 0.3) is 0 Å². The molecule has 2 atom stereocenters. The summed E-state index contributed by atoms with van der Waals surface area (Å²) in [7, 11) is 1.48. The molecule has 0 spiro atoms. The number of benzene rings is 1. The van der Waals surface area contributed by atoms with Crippen molar-refractivity contribution >= 4 is 0 Å². The summed E-state index contributed by atoms with van der Waals surface area (Å²) in [6.45, 7) is 4.45. The van der Waals surface area contributed by atoms with E-state index in [0.29, 0.717) is 18.2 Å². The van der Waals surface area contributed by atoms with E-state index in [1.165, 1.54) is 13.2 Å². The van der Waals surface area contributed by atoms with Gasteiger partial charge in [0.1, 0.15) is 11.6 Å². The van der Waals surface area contributed by atoms with Crippen LogP contribution < -0.4 is 10.5 Å². The highest BCUT2D eigenvalue weighted by atomic mass is 19.1. The Hall–Kier alpha value is -1.13. The van der Waals surface area contributed by atoms with E-state index in [0.717, 1.165) is 6.42 Å². The van der Waals surface area contributed by atoms with Gasteiger partial charge in [0.25, 0.3) is 0 Å². The highest BCUT2D eigenvalue weighted by Gasteiger charge is 2.23. The number of nitrogens with two attached hydrogens (primary N) is 1. The lowest BCUT2D eigenvalue weighted by molar-refractivity contribution is 0.0959. The predicted molar refractivity (Wildman–Crippen MR) is 69.9 cm³/mol. The van der Waals surface area contributed by atoms with Gasteiger partial charge in [0, 0.05) is 17.5 Å². The molecule has 4 heteroatoms. The molecule has 0 aliphatic carbocycles. The van der Waals surface area contributed by atoms with Crippen molar-refractivity contribution in [2.45, 2.75) is 26.4 Å². The van der Waals surface area contributed by atoms with Crippen LogP contribution in [0.5, 0.6) is 5.75 Å². The average molecular weight is 255 g/mol. The largest absolute Gasteiger partial charge is 0.497 e. The van der Waals surface area contributed by atoms with Crippen LogP contribution in [0.4, 0.5) is 4.39 Å². The minimum Gasteiger partial charge on any atom is -0.497 e. The number of ether oxygens (including phenoxy) is 1. The molecule has 1 aromatic carbocycles. The third-order valence-electron chi connectivity index (χ3n) is 3.05. The molecule has 18 heavy (non-hydrogen) atoms. The summed E-state index contributed by atoms with van der Waals surface area (Å²) in [5.74, 6) is 0.267. The molecule has 2 unspecified atom stereocenters. The highest BCUT2D eigenvalue weighted by Crippen LogP contribution is 2.30. The van der Waals surface area contributed by atoms with Crippen LogP contribution in [0.3, 0.4) is 0 Å². The van der Waals surface area contributed by atoms with Crippen molar-refractivity contribution in [3.05, 3.63) is 29.6 Å². The second-order valence-electron chi connectivity index (χ2n) is 4.96. The second-order valence-corrected chi connectivity index (χ2v) is 4.96. The van der Waals surface area contributed by atoms with E-state index in [1.54, 1.807) is 12.1 Å². The molecule has 0 bridgehead atoms. The zero-order valence-electron chi connectivity index (χ0n) is 11.2. The van der Waals surface area contributed by atoms with Gasteiger partial charge in [-0.15, -0.1) is 0 Å². The smallest absolute Gasteiger partial charge is 0.132 e. The number of rotatable bonds is 6. The Balaban J connectivity index is 2.90. The van der Waals surface area contributed by atoms with Crippen LogP contribution in [0.15, 0.2) is 18.2 Å². The lowest BCUT2D eigenvalue weighted by Crippen LogP contribution is -2.24. The first-order valence-corrected chi connectivity index (χ1v) is 6.21. The van der Waals surface area contributed by atoms with Gasteiger partial charge in [-0.05, 0) is 31.0 Å². The van der Waals surface area contributed by atoms with Crippen molar-refractivity contribution in [1.82, 2.24) is 0 Å². The minimum absolute atomic E-state index is 0.132. The third kappa shape index (κ3) is 3.68. The Kier molecular flexibility index (Phi) is 5.56. The zero-order valence-corrected chi connectivity index (χ0v) is 11.2. The van der Waals surface area contributed by atoms with E-state index >= 15 is 0 Å². The van der Waals surface area contributed by atoms with Gasteiger partial charge in [-0.25, -0.2) is 4.39 Å². The van der Waals surface area contributed by atoms with Crippen LogP contribution >= 0.6 is 0 Å². The molecule has 1 rings (SSSR count). The molecule has 0 amide bonds. The van der Waals surface area contributed by atoms with E-state index in [2.05, 4.69) is 13.8 Å². The van der Waals surface area contributed by atoms with E-state index in [1.807, 2.05) is 0 Å². The van der Waals surface area contributed by atoms with Crippen LogP contribution in [-0.2, 0) is 0 Å². The number of hydrogen-bond donors (Lipinski definition) is 2. The maximum Gasteiger partial charge on any atom is 0.132 e. The lowest BCUT2D eigenvalue weighted by atomic mass is 9.88. The number of hydrogen-bond acceptors (Lipinski definition) is 3. The fourth-order valence-electron chi connectivity index (χ4n) is 2.09. The summed E-state index contributed by atoms with van der Waals surface area (Å²) in [6, 6.07) is 4.48. The second kappa shape index (κ2) is 6.71. The van der Waals surface area contributed by atoms with Crippen molar-refractivity contribution in [3.8, 4) is 5.75 Å². The minimum atomic E-state index is -0.872. The number of aliphatic hydroxyl groups excluding tert-OH is 1. The summed E-state index contributed by atoms with van der Waals surface area (Å²) in [5.41, 5.74) is 5.94. The third-order valence-corrected chi connectivity index (χ3v) is 3.05. The standard InChI is InChI=1S/C14H22FNO2/c1-9(2)6-10(8-16)14(17)12-5-4-11(18-3)7-13(12)15/h4-5,7,9-10,14,17H,6,8,16H2,1-3H3. The summed E-state index contributed by atoms with van der Waals surface area (Å²) in [4.78, 5) is 0. The summed E-state index contributed by atoms with van der Waals surface area (Å²) >= 11 is 0. The van der Waals surface area contributed by atoms with Gasteiger partial charge in [0.2, 0.25) is 0 Å². The van der Waals surface area contributed by atoms with Crippen molar-refractivity contribution in [1.29, 1.82) is 0 Å². The van der Waals surface area contributed by atoms with Crippen molar-refractivity contribution in [2.24, 2.45) is 17.6 Å². The molecule has 0 aliphatic heterocycles. The first-order chi connectivity index (χ1) is 8.49. The molecule has 0 radical (unpaired) electrons. The number of methoxy groups -OCH3 is 1. The van der Waals surface area contributed by atoms with Crippen LogP contribution in [0.2, 0.25) is 0 Å². The van der Waals surface area contributed by atoms with Crippen LogP contribution in [0.1, 0.15) is 31.9 Å². The fraction of sp³-hybridized carbons (Fsp3) is 0.571. The number of halogens is 1. The molecular formula is C14H22FNO2.